The third-order valence-corrected chi connectivity index (χ3v) is 3.98. The summed E-state index contributed by atoms with van der Waals surface area (Å²) in [6.07, 6.45) is -2.59. The summed E-state index contributed by atoms with van der Waals surface area (Å²) in [7, 11) is -1.26. The van der Waals surface area contributed by atoms with Crippen LogP contribution in [0.1, 0.15) is 51.6 Å². The van der Waals surface area contributed by atoms with E-state index < -0.39 is 22.2 Å². The van der Waals surface area contributed by atoms with Crippen molar-refractivity contribution in [3.8, 4) is 0 Å². The highest BCUT2D eigenvalue weighted by atomic mass is 32.2. The van der Waals surface area contributed by atoms with Crippen molar-refractivity contribution in [2.45, 2.75) is 44.9 Å². The van der Waals surface area contributed by atoms with Gasteiger partial charge in [-0.1, -0.05) is 6.07 Å². The minimum atomic E-state index is -2.59. The summed E-state index contributed by atoms with van der Waals surface area (Å²) in [5.41, 5.74) is 0.202. The van der Waals surface area contributed by atoms with Gasteiger partial charge in [0, 0.05) is 0 Å². The predicted molar refractivity (Wildman–Crippen MR) is 68.6 cm³/mol. The molecule has 18 heavy (non-hydrogen) atoms. The number of halogens is 2. The number of hydrogen-bond acceptors (Lipinski definition) is 2. The Morgan fingerprint density at radius 1 is 1.28 bits per heavy atom. The van der Waals surface area contributed by atoms with E-state index in [2.05, 4.69) is 9.71 Å². The minimum Gasteiger partial charge on any atom is -0.250 e. The number of hydrogen-bond donors (Lipinski definition) is 1. The Hall–Kier alpha value is -0.880. The maximum Gasteiger partial charge on any atom is 0.280 e. The quantitative estimate of drug-likeness (QED) is 0.918. The van der Waals surface area contributed by atoms with E-state index in [1.807, 2.05) is 20.8 Å². The summed E-state index contributed by atoms with van der Waals surface area (Å²) < 4.78 is 39.4. The van der Waals surface area contributed by atoms with Gasteiger partial charge in [-0.3, -0.25) is 4.98 Å². The first kappa shape index (κ1) is 15.2. The lowest BCUT2D eigenvalue weighted by molar-refractivity contribution is 0.145. The molecule has 0 saturated heterocycles. The van der Waals surface area contributed by atoms with E-state index in [-0.39, 0.29) is 11.7 Å². The Morgan fingerprint density at radius 2 is 1.83 bits per heavy atom. The molecule has 0 amide bonds. The molecule has 0 bridgehead atoms. The van der Waals surface area contributed by atoms with Crippen molar-refractivity contribution in [1.29, 1.82) is 0 Å². The molecule has 0 radical (unpaired) electrons. The van der Waals surface area contributed by atoms with Crippen LogP contribution in [-0.2, 0) is 11.0 Å². The standard InChI is InChI=1S/C12H18F2N2OS/c1-8(16-18(17)12(2,3)4)9-6-5-7-10(15-9)11(13)14/h5-8,11,16H,1-4H3/t8-,18+/m1/s1. The molecule has 0 aliphatic carbocycles. The summed E-state index contributed by atoms with van der Waals surface area (Å²) in [5.74, 6) is 0. The van der Waals surface area contributed by atoms with E-state index in [1.165, 1.54) is 12.1 Å². The molecule has 102 valence electrons. The largest absolute Gasteiger partial charge is 0.280 e. The second-order valence-electron chi connectivity index (χ2n) is 5.01. The molecule has 1 rings (SSSR count). The van der Waals surface area contributed by atoms with Crippen LogP contribution in [0.2, 0.25) is 0 Å². The first-order valence-electron chi connectivity index (χ1n) is 5.65. The molecule has 2 atom stereocenters. The molecule has 0 aliphatic heterocycles. The van der Waals surface area contributed by atoms with Gasteiger partial charge in [-0.15, -0.1) is 0 Å². The molecule has 6 heteroatoms. The highest BCUT2D eigenvalue weighted by Crippen LogP contribution is 2.20. The Kier molecular flexibility index (Phi) is 4.92. The van der Waals surface area contributed by atoms with Crippen LogP contribution in [0.25, 0.3) is 0 Å². The minimum absolute atomic E-state index is 0.261. The monoisotopic (exact) mass is 276 g/mol. The highest BCUT2D eigenvalue weighted by Gasteiger charge is 2.22. The summed E-state index contributed by atoms with van der Waals surface area (Å²) in [6.45, 7) is 7.27. The maximum absolute atomic E-state index is 12.5. The van der Waals surface area contributed by atoms with Crippen LogP contribution in [0.3, 0.4) is 0 Å². The van der Waals surface area contributed by atoms with Crippen molar-refractivity contribution in [2.24, 2.45) is 0 Å². The number of alkyl halides is 2. The Morgan fingerprint density at radius 3 is 2.33 bits per heavy atom. The van der Waals surface area contributed by atoms with Crippen LogP contribution in [0.5, 0.6) is 0 Å². The van der Waals surface area contributed by atoms with Crippen molar-refractivity contribution in [1.82, 2.24) is 9.71 Å². The van der Waals surface area contributed by atoms with Gasteiger partial charge in [-0.05, 0) is 39.8 Å². The van der Waals surface area contributed by atoms with Gasteiger partial charge in [-0.25, -0.2) is 17.7 Å². The van der Waals surface area contributed by atoms with Crippen LogP contribution in [-0.4, -0.2) is 13.9 Å². The zero-order valence-electron chi connectivity index (χ0n) is 10.9. The average molecular weight is 276 g/mol. The van der Waals surface area contributed by atoms with Gasteiger partial charge in [0.25, 0.3) is 6.43 Å². The van der Waals surface area contributed by atoms with Crippen LogP contribution < -0.4 is 4.72 Å². The molecule has 3 nitrogen and oxygen atoms in total. The number of pyridine rings is 1. The second-order valence-corrected chi connectivity index (χ2v) is 7.01. The SMILES string of the molecule is C[C@@H](N[S@@](=O)C(C)(C)C)c1cccc(C(F)F)n1. The Labute approximate surface area is 109 Å². The molecule has 0 saturated carbocycles. The van der Waals surface area contributed by atoms with E-state index in [9.17, 15) is 13.0 Å². The molecule has 1 aromatic heterocycles. The van der Waals surface area contributed by atoms with Crippen LogP contribution >= 0.6 is 0 Å². The lowest BCUT2D eigenvalue weighted by Crippen LogP contribution is -2.35. The number of nitrogens with one attached hydrogen (secondary N) is 1. The molecule has 0 fully saturated rings. The van der Waals surface area contributed by atoms with Crippen molar-refractivity contribution in [3.63, 3.8) is 0 Å². The predicted octanol–water partition coefficient (Wildman–Crippen LogP) is 3.13. The summed E-state index contributed by atoms with van der Waals surface area (Å²) in [6, 6.07) is 4.11. The molecule has 1 aromatic rings. The third kappa shape index (κ3) is 4.10. The van der Waals surface area contributed by atoms with Crippen LogP contribution in [0.4, 0.5) is 8.78 Å². The molecule has 1 heterocycles. The maximum atomic E-state index is 12.5. The molecule has 0 aromatic carbocycles. The first-order valence-corrected chi connectivity index (χ1v) is 6.80. The molecule has 1 N–H and O–H groups in total. The normalized spacial score (nSPS) is 15.7. The number of rotatable bonds is 4. The van der Waals surface area contributed by atoms with E-state index in [0.29, 0.717) is 5.69 Å². The highest BCUT2D eigenvalue weighted by molar-refractivity contribution is 7.84. The van der Waals surface area contributed by atoms with E-state index in [4.69, 9.17) is 0 Å². The molecular weight excluding hydrogens is 258 g/mol. The average Bonchev–Trinajstić information content (AvgIpc) is 2.27. The lowest BCUT2D eigenvalue weighted by Gasteiger charge is -2.21. The summed E-state index contributed by atoms with van der Waals surface area (Å²) in [4.78, 5) is 3.86. The van der Waals surface area contributed by atoms with Crippen molar-refractivity contribution in [3.05, 3.63) is 29.6 Å². The van der Waals surface area contributed by atoms with Gasteiger partial charge in [0.2, 0.25) is 0 Å². The van der Waals surface area contributed by atoms with Gasteiger partial charge in [0.1, 0.15) is 5.69 Å². The molecule has 0 aliphatic rings. The zero-order chi connectivity index (χ0) is 13.9. The summed E-state index contributed by atoms with van der Waals surface area (Å²) in [5, 5.41) is 0. The van der Waals surface area contributed by atoms with E-state index >= 15 is 0 Å². The van der Waals surface area contributed by atoms with Gasteiger partial charge in [0.15, 0.2) is 0 Å². The van der Waals surface area contributed by atoms with Gasteiger partial charge in [0.05, 0.1) is 27.5 Å². The third-order valence-electron chi connectivity index (χ3n) is 2.30. The van der Waals surface area contributed by atoms with Crippen molar-refractivity contribution < 1.29 is 13.0 Å². The second kappa shape index (κ2) is 5.84. The number of aromatic nitrogens is 1. The zero-order valence-corrected chi connectivity index (χ0v) is 11.7. The van der Waals surface area contributed by atoms with Gasteiger partial charge in [-0.2, -0.15) is 0 Å². The van der Waals surface area contributed by atoms with Crippen molar-refractivity contribution >= 4 is 11.0 Å². The van der Waals surface area contributed by atoms with Crippen molar-refractivity contribution in [2.75, 3.05) is 0 Å². The van der Waals surface area contributed by atoms with Crippen LogP contribution in [0.15, 0.2) is 18.2 Å². The van der Waals surface area contributed by atoms with Gasteiger partial charge >= 0.3 is 0 Å². The smallest absolute Gasteiger partial charge is 0.250 e. The Balaban J connectivity index is 2.82. The van der Waals surface area contributed by atoms with Crippen LogP contribution in [0, 0.1) is 0 Å². The van der Waals surface area contributed by atoms with Gasteiger partial charge < -0.3 is 0 Å². The Bertz CT molecular complexity index is 432. The topological polar surface area (TPSA) is 42.0 Å². The van der Waals surface area contributed by atoms with E-state index in [1.54, 1.807) is 13.0 Å². The fourth-order valence-corrected chi connectivity index (χ4v) is 2.02. The fraction of sp³-hybridized carbons (Fsp3) is 0.583. The first-order chi connectivity index (χ1) is 8.21. The summed E-state index contributed by atoms with van der Waals surface area (Å²) >= 11 is 0. The lowest BCUT2D eigenvalue weighted by atomic mass is 10.2. The molecule has 0 unspecified atom stereocenters. The van der Waals surface area contributed by atoms with E-state index in [0.717, 1.165) is 0 Å². The molecular formula is C12H18F2N2OS. The fourth-order valence-electron chi connectivity index (χ4n) is 1.23. The number of nitrogens with zero attached hydrogens (tertiary/aromatic N) is 1. The molecule has 0 spiro atoms.